The highest BCUT2D eigenvalue weighted by molar-refractivity contribution is 6.09. The van der Waals surface area contributed by atoms with Crippen LogP contribution in [0.1, 0.15) is 32.1 Å². The van der Waals surface area contributed by atoms with Gasteiger partial charge in [0.1, 0.15) is 0 Å². The molecule has 0 atom stereocenters. The van der Waals surface area contributed by atoms with Crippen molar-refractivity contribution in [3.63, 3.8) is 0 Å². The van der Waals surface area contributed by atoms with Crippen LogP contribution in [0.25, 0.3) is 11.0 Å². The highest BCUT2D eigenvalue weighted by Crippen LogP contribution is 2.19. The number of nitrogen functional groups attached to an aromatic ring is 1. The van der Waals surface area contributed by atoms with Crippen molar-refractivity contribution >= 4 is 34.3 Å². The van der Waals surface area contributed by atoms with Gasteiger partial charge in [0.05, 0.1) is 11.0 Å². The van der Waals surface area contributed by atoms with E-state index in [1.807, 2.05) is 13.8 Å². The number of carbonyl (C=O) groups is 2. The fourth-order valence-electron chi connectivity index (χ4n) is 2.38. The van der Waals surface area contributed by atoms with E-state index in [0.717, 1.165) is 11.1 Å². The smallest absolute Gasteiger partial charge is 0.357 e. The fraction of sp³-hybridized carbons (Fsp3) is 0.111. The van der Waals surface area contributed by atoms with Crippen LogP contribution in [0.15, 0.2) is 36.4 Å². The summed E-state index contributed by atoms with van der Waals surface area (Å²) in [7, 11) is 0. The first-order chi connectivity index (χ1) is 11.8. The number of aromatic nitrogens is 2. The number of aromatic carboxylic acids is 1. The first-order valence-electron chi connectivity index (χ1n) is 7.54. The molecular weight excluding hydrogens is 320 g/mol. The SMILES string of the molecule is Cc1cc2nc(C(=O)O)c(C(=O)Nc3ccc(N)cc3)nc2cc1C. The quantitative estimate of drug-likeness (QED) is 0.633. The Morgan fingerprint density at radius 2 is 1.48 bits per heavy atom. The van der Waals surface area contributed by atoms with Crippen molar-refractivity contribution in [2.24, 2.45) is 0 Å². The number of anilines is 2. The topological polar surface area (TPSA) is 118 Å². The number of carboxylic acid groups (broad SMARTS) is 1. The number of amides is 1. The summed E-state index contributed by atoms with van der Waals surface area (Å²) in [5, 5.41) is 12.0. The predicted molar refractivity (Wildman–Crippen MR) is 94.8 cm³/mol. The van der Waals surface area contributed by atoms with E-state index in [1.165, 1.54) is 0 Å². The molecule has 25 heavy (non-hydrogen) atoms. The second-order valence-electron chi connectivity index (χ2n) is 5.73. The lowest BCUT2D eigenvalue weighted by molar-refractivity contribution is 0.0685. The summed E-state index contributed by atoms with van der Waals surface area (Å²) in [6.45, 7) is 3.81. The fourth-order valence-corrected chi connectivity index (χ4v) is 2.38. The molecule has 4 N–H and O–H groups in total. The maximum Gasteiger partial charge on any atom is 0.357 e. The molecule has 0 aliphatic carbocycles. The number of carbonyl (C=O) groups excluding carboxylic acids is 1. The summed E-state index contributed by atoms with van der Waals surface area (Å²) in [6, 6.07) is 10.0. The highest BCUT2D eigenvalue weighted by Gasteiger charge is 2.22. The van der Waals surface area contributed by atoms with Gasteiger partial charge in [-0.15, -0.1) is 0 Å². The molecule has 0 saturated heterocycles. The van der Waals surface area contributed by atoms with Crippen LogP contribution in [-0.4, -0.2) is 27.0 Å². The van der Waals surface area contributed by atoms with E-state index in [9.17, 15) is 14.7 Å². The molecule has 7 heteroatoms. The predicted octanol–water partition coefficient (Wildman–Crippen LogP) is 2.78. The third kappa shape index (κ3) is 3.25. The van der Waals surface area contributed by atoms with Crippen LogP contribution < -0.4 is 11.1 Å². The Labute approximate surface area is 143 Å². The number of hydrogen-bond donors (Lipinski definition) is 3. The van der Waals surface area contributed by atoms with Gasteiger partial charge in [0.25, 0.3) is 5.91 Å². The van der Waals surface area contributed by atoms with Crippen molar-refractivity contribution in [1.82, 2.24) is 9.97 Å². The number of benzene rings is 2. The molecule has 126 valence electrons. The van der Waals surface area contributed by atoms with E-state index >= 15 is 0 Å². The van der Waals surface area contributed by atoms with Gasteiger partial charge >= 0.3 is 5.97 Å². The molecule has 1 heterocycles. The molecule has 0 fully saturated rings. The monoisotopic (exact) mass is 336 g/mol. The summed E-state index contributed by atoms with van der Waals surface area (Å²) in [5.74, 6) is -1.95. The zero-order chi connectivity index (χ0) is 18.1. The minimum Gasteiger partial charge on any atom is -0.476 e. The molecule has 3 rings (SSSR count). The largest absolute Gasteiger partial charge is 0.476 e. The van der Waals surface area contributed by atoms with E-state index < -0.39 is 11.9 Å². The average Bonchev–Trinajstić information content (AvgIpc) is 2.57. The highest BCUT2D eigenvalue weighted by atomic mass is 16.4. The van der Waals surface area contributed by atoms with Crippen LogP contribution in [-0.2, 0) is 0 Å². The van der Waals surface area contributed by atoms with Crippen LogP contribution in [0.5, 0.6) is 0 Å². The standard InChI is InChI=1S/C18H16N4O3/c1-9-7-13-14(8-10(9)2)22-16(18(24)25)15(21-13)17(23)20-12-5-3-11(19)4-6-12/h3-8H,19H2,1-2H3,(H,20,23)(H,24,25). The Bertz CT molecular complexity index is 997. The molecule has 1 aromatic heterocycles. The van der Waals surface area contributed by atoms with Crippen molar-refractivity contribution in [2.45, 2.75) is 13.8 Å². The lowest BCUT2D eigenvalue weighted by Gasteiger charge is -2.09. The maximum atomic E-state index is 12.5. The van der Waals surface area contributed by atoms with E-state index in [-0.39, 0.29) is 11.4 Å². The normalized spacial score (nSPS) is 10.6. The van der Waals surface area contributed by atoms with E-state index in [2.05, 4.69) is 15.3 Å². The van der Waals surface area contributed by atoms with Crippen molar-refractivity contribution < 1.29 is 14.7 Å². The average molecular weight is 336 g/mol. The summed E-state index contributed by atoms with van der Waals surface area (Å²) in [4.78, 5) is 32.4. The first kappa shape index (κ1) is 16.4. The lowest BCUT2D eigenvalue weighted by Crippen LogP contribution is -2.20. The zero-order valence-electron chi connectivity index (χ0n) is 13.7. The number of nitrogens with zero attached hydrogens (tertiary/aromatic N) is 2. The molecule has 1 amide bonds. The molecule has 2 aromatic carbocycles. The van der Waals surface area contributed by atoms with Crippen molar-refractivity contribution in [2.75, 3.05) is 11.1 Å². The number of nitrogens with one attached hydrogen (secondary N) is 1. The number of aryl methyl sites for hydroxylation is 2. The third-order valence-corrected chi connectivity index (χ3v) is 3.87. The molecule has 0 saturated carbocycles. The Kier molecular flexibility index (Phi) is 4.06. The summed E-state index contributed by atoms with van der Waals surface area (Å²) < 4.78 is 0. The molecule has 3 aromatic rings. The Balaban J connectivity index is 2.07. The molecule has 0 radical (unpaired) electrons. The van der Waals surface area contributed by atoms with Gasteiger partial charge in [-0.1, -0.05) is 0 Å². The van der Waals surface area contributed by atoms with Crippen molar-refractivity contribution in [3.8, 4) is 0 Å². The van der Waals surface area contributed by atoms with Crippen LogP contribution in [0.3, 0.4) is 0 Å². The number of hydrogen-bond acceptors (Lipinski definition) is 5. The Morgan fingerprint density at radius 1 is 0.960 bits per heavy atom. The number of rotatable bonds is 3. The van der Waals surface area contributed by atoms with E-state index in [0.29, 0.717) is 22.4 Å². The minimum atomic E-state index is -1.31. The Hall–Kier alpha value is -3.48. The number of fused-ring (bicyclic) bond motifs is 1. The van der Waals surface area contributed by atoms with Gasteiger partial charge < -0.3 is 16.2 Å². The first-order valence-corrected chi connectivity index (χ1v) is 7.54. The molecular formula is C18H16N4O3. The maximum absolute atomic E-state index is 12.5. The van der Waals surface area contributed by atoms with Gasteiger partial charge in [-0.05, 0) is 61.4 Å². The number of nitrogens with two attached hydrogens (primary N) is 1. The van der Waals surface area contributed by atoms with Crippen LogP contribution in [0.2, 0.25) is 0 Å². The van der Waals surface area contributed by atoms with Gasteiger partial charge in [0, 0.05) is 11.4 Å². The summed E-state index contributed by atoms with van der Waals surface area (Å²) in [6.07, 6.45) is 0. The second kappa shape index (κ2) is 6.20. The van der Waals surface area contributed by atoms with Gasteiger partial charge in [-0.2, -0.15) is 0 Å². The van der Waals surface area contributed by atoms with E-state index in [4.69, 9.17) is 5.73 Å². The van der Waals surface area contributed by atoms with Crippen LogP contribution in [0.4, 0.5) is 11.4 Å². The molecule has 7 nitrogen and oxygen atoms in total. The van der Waals surface area contributed by atoms with Gasteiger partial charge in [-0.25, -0.2) is 14.8 Å². The minimum absolute atomic E-state index is 0.236. The zero-order valence-corrected chi connectivity index (χ0v) is 13.7. The van der Waals surface area contributed by atoms with Crippen LogP contribution >= 0.6 is 0 Å². The van der Waals surface area contributed by atoms with Gasteiger partial charge in [0.2, 0.25) is 0 Å². The Morgan fingerprint density at radius 3 is 2.00 bits per heavy atom. The van der Waals surface area contributed by atoms with Gasteiger partial charge in [0.15, 0.2) is 11.4 Å². The molecule has 0 aliphatic rings. The number of carboxylic acids is 1. The van der Waals surface area contributed by atoms with E-state index in [1.54, 1.807) is 36.4 Å². The second-order valence-corrected chi connectivity index (χ2v) is 5.73. The molecule has 0 aliphatic heterocycles. The summed E-state index contributed by atoms with van der Waals surface area (Å²) in [5.41, 5.74) is 8.88. The summed E-state index contributed by atoms with van der Waals surface area (Å²) >= 11 is 0. The molecule has 0 spiro atoms. The van der Waals surface area contributed by atoms with Crippen molar-refractivity contribution in [1.29, 1.82) is 0 Å². The van der Waals surface area contributed by atoms with Gasteiger partial charge in [-0.3, -0.25) is 4.79 Å². The third-order valence-electron chi connectivity index (χ3n) is 3.87. The molecule has 0 bridgehead atoms. The lowest BCUT2D eigenvalue weighted by atomic mass is 10.1. The van der Waals surface area contributed by atoms with Crippen molar-refractivity contribution in [3.05, 3.63) is 58.9 Å². The molecule has 0 unspecified atom stereocenters. The van der Waals surface area contributed by atoms with Crippen LogP contribution in [0, 0.1) is 13.8 Å².